The number of alkyl halides is 2. The van der Waals surface area contributed by atoms with E-state index in [2.05, 4.69) is 18.4 Å². The van der Waals surface area contributed by atoms with Gasteiger partial charge in [0.2, 0.25) is 0 Å². The van der Waals surface area contributed by atoms with E-state index < -0.39 is 58.1 Å². The van der Waals surface area contributed by atoms with Gasteiger partial charge in [-0.25, -0.2) is 26.7 Å². The Kier molecular flexibility index (Phi) is 13.8. The molecule has 49 heavy (non-hydrogen) atoms. The zero-order valence-corrected chi connectivity index (χ0v) is 31.7. The van der Waals surface area contributed by atoms with Crippen LogP contribution in [-0.4, -0.2) is 51.6 Å². The minimum atomic E-state index is -5.15. The molecule has 16 heteroatoms. The third kappa shape index (κ3) is 10.3. The van der Waals surface area contributed by atoms with E-state index in [-0.39, 0.29) is 11.7 Å². The summed E-state index contributed by atoms with van der Waals surface area (Å²) in [5, 5.41) is 11.6. The maximum Gasteiger partial charge on any atom is 0.469 e. The molecule has 272 valence electrons. The number of unbranched alkanes of at least 4 members (excludes halogenated alkanes) is 1. The first-order valence-electron chi connectivity index (χ1n) is 15.0. The van der Waals surface area contributed by atoms with E-state index in [4.69, 9.17) is 38.0 Å². The molecule has 1 aromatic heterocycles. The third-order valence-electron chi connectivity index (χ3n) is 7.73. The van der Waals surface area contributed by atoms with Gasteiger partial charge >= 0.3 is 7.82 Å². The normalized spacial score (nSPS) is 15.3. The van der Waals surface area contributed by atoms with E-state index in [0.29, 0.717) is 38.4 Å². The molecule has 0 unspecified atom stereocenters. The molecule has 10 nitrogen and oxygen atoms in total. The third-order valence-corrected chi connectivity index (χ3v) is 9.99. The largest absolute Gasteiger partial charge is 0.469 e. The number of rotatable bonds is 10. The second-order valence-electron chi connectivity index (χ2n) is 12.6. The second-order valence-corrected chi connectivity index (χ2v) is 16.6. The average molecular weight is 767 g/mol. The fourth-order valence-corrected chi connectivity index (χ4v) is 7.20. The van der Waals surface area contributed by atoms with Crippen LogP contribution in [0.3, 0.4) is 0 Å². The Morgan fingerprint density at radius 1 is 1.02 bits per heavy atom. The van der Waals surface area contributed by atoms with E-state index in [1.54, 1.807) is 54.9 Å². The van der Waals surface area contributed by atoms with Crippen molar-refractivity contribution in [3.63, 3.8) is 0 Å². The first-order chi connectivity index (χ1) is 21.9. The monoisotopic (exact) mass is 765 g/mol. The number of phosphoric ester groups is 1. The van der Waals surface area contributed by atoms with Gasteiger partial charge in [-0.1, -0.05) is 68.1 Å². The van der Waals surface area contributed by atoms with Crippen LogP contribution >= 0.6 is 31.0 Å². The van der Waals surface area contributed by atoms with Gasteiger partial charge in [0.15, 0.2) is 9.84 Å². The van der Waals surface area contributed by atoms with Crippen molar-refractivity contribution in [3.8, 4) is 5.69 Å². The zero-order chi connectivity index (χ0) is 36.5. The van der Waals surface area contributed by atoms with Gasteiger partial charge in [-0.2, -0.15) is 0 Å². The van der Waals surface area contributed by atoms with Crippen LogP contribution in [0.25, 0.3) is 11.3 Å². The number of phosphoric acid groups is 1. The highest BCUT2D eigenvalue weighted by Gasteiger charge is 2.43. The van der Waals surface area contributed by atoms with E-state index in [1.165, 1.54) is 25.0 Å². The number of benzene rings is 2. The lowest BCUT2D eigenvalue weighted by molar-refractivity contribution is 0.0340. The summed E-state index contributed by atoms with van der Waals surface area (Å²) in [7, 11) is -9.39. The van der Waals surface area contributed by atoms with Crippen LogP contribution in [-0.2, 0) is 29.9 Å². The SMILES string of the molecule is CC(C)(O)c1cn(-c2ccc(C3=CC(S(C)(=O)=O)=C(COP(=O)(O)O)C(F)(F)C3)cc2)c(C(C)(C)c2c(Cl)cccc2Cl)n1.CCCC.N. The molecular formula is C33H44Cl2F2N3O7PS. The Morgan fingerprint density at radius 2 is 1.55 bits per heavy atom. The molecule has 1 aliphatic rings. The number of hydrogen-bond donors (Lipinski definition) is 4. The van der Waals surface area contributed by atoms with Crippen molar-refractivity contribution in [2.75, 3.05) is 12.9 Å². The lowest BCUT2D eigenvalue weighted by Gasteiger charge is -2.28. The number of aromatic nitrogens is 2. The molecule has 1 heterocycles. The number of nitrogens with zero attached hydrogens (tertiary/aromatic N) is 2. The van der Waals surface area contributed by atoms with Gasteiger partial charge in [0.05, 0.1) is 22.6 Å². The predicted octanol–water partition coefficient (Wildman–Crippen LogP) is 8.53. The van der Waals surface area contributed by atoms with Crippen LogP contribution in [0, 0.1) is 0 Å². The van der Waals surface area contributed by atoms with Crippen LogP contribution in [0.4, 0.5) is 8.78 Å². The molecule has 4 rings (SSSR count). The molecule has 1 aliphatic carbocycles. The fourth-order valence-electron chi connectivity index (χ4n) is 5.02. The summed E-state index contributed by atoms with van der Waals surface area (Å²) in [5.74, 6) is -3.29. The Hall–Kier alpha value is -2.45. The predicted molar refractivity (Wildman–Crippen MR) is 190 cm³/mol. The maximum atomic E-state index is 15.3. The topological polar surface area (TPSA) is 174 Å². The summed E-state index contributed by atoms with van der Waals surface area (Å²) < 4.78 is 72.6. The van der Waals surface area contributed by atoms with Gasteiger partial charge in [-0.3, -0.25) is 4.52 Å². The second kappa shape index (κ2) is 15.8. The van der Waals surface area contributed by atoms with Gasteiger partial charge in [-0.15, -0.1) is 0 Å². The molecule has 0 atom stereocenters. The Balaban J connectivity index is 0.00000158. The minimum absolute atomic E-state index is 0. The fraction of sp³-hybridized carbons (Fsp3) is 0.424. The molecule has 0 saturated carbocycles. The van der Waals surface area contributed by atoms with Crippen molar-refractivity contribution in [2.24, 2.45) is 0 Å². The van der Waals surface area contributed by atoms with E-state index in [9.17, 15) is 18.1 Å². The highest BCUT2D eigenvalue weighted by atomic mass is 35.5. The Labute approximate surface area is 296 Å². The van der Waals surface area contributed by atoms with E-state index in [0.717, 1.165) is 12.3 Å². The summed E-state index contributed by atoms with van der Waals surface area (Å²) in [6.07, 6.45) is 5.16. The molecule has 0 bridgehead atoms. The number of halogens is 4. The van der Waals surface area contributed by atoms with E-state index >= 15 is 8.78 Å². The van der Waals surface area contributed by atoms with Crippen LogP contribution in [0.1, 0.15) is 83.5 Å². The first kappa shape index (κ1) is 42.7. The van der Waals surface area contributed by atoms with Gasteiger partial charge in [-0.05, 0) is 69.2 Å². The highest BCUT2D eigenvalue weighted by molar-refractivity contribution is 7.94. The van der Waals surface area contributed by atoms with Gasteiger partial charge in [0.25, 0.3) is 5.92 Å². The molecule has 6 N–H and O–H groups in total. The van der Waals surface area contributed by atoms with Gasteiger partial charge in [0.1, 0.15) is 11.4 Å². The molecule has 0 amide bonds. The number of hydrogen-bond acceptors (Lipinski definition) is 7. The number of imidazole rings is 1. The summed E-state index contributed by atoms with van der Waals surface area (Å²) in [5.41, 5.74) is -1.40. The molecule has 0 saturated heterocycles. The molecule has 0 fully saturated rings. The van der Waals surface area contributed by atoms with Crippen LogP contribution in [0.15, 0.2) is 65.2 Å². The van der Waals surface area contributed by atoms with Crippen molar-refractivity contribution in [3.05, 3.63) is 97.9 Å². The summed E-state index contributed by atoms with van der Waals surface area (Å²) in [6.45, 7) is 10.0. The molecule has 0 spiro atoms. The van der Waals surface area contributed by atoms with Crippen LogP contribution in [0.5, 0.6) is 0 Å². The molecule has 0 aliphatic heterocycles. The number of aliphatic hydroxyl groups is 1. The van der Waals surface area contributed by atoms with Crippen molar-refractivity contribution in [1.29, 1.82) is 0 Å². The smallest absolute Gasteiger partial charge is 0.384 e. The number of sulfone groups is 1. The van der Waals surface area contributed by atoms with Gasteiger partial charge in [0, 0.05) is 45.7 Å². The van der Waals surface area contributed by atoms with Crippen LogP contribution < -0.4 is 6.15 Å². The molecule has 0 radical (unpaired) electrons. The number of allylic oxidation sites excluding steroid dienone is 2. The van der Waals surface area contributed by atoms with Crippen LogP contribution in [0.2, 0.25) is 10.0 Å². The van der Waals surface area contributed by atoms with Crippen molar-refractivity contribution < 1.29 is 41.2 Å². The minimum Gasteiger partial charge on any atom is -0.384 e. The maximum absolute atomic E-state index is 15.3. The lowest BCUT2D eigenvalue weighted by Crippen LogP contribution is -2.29. The Bertz CT molecular complexity index is 1840. The molecular weight excluding hydrogens is 722 g/mol. The van der Waals surface area contributed by atoms with Crippen molar-refractivity contribution in [2.45, 2.75) is 77.7 Å². The summed E-state index contributed by atoms with van der Waals surface area (Å²) in [4.78, 5) is 21.9. The first-order valence-corrected chi connectivity index (χ1v) is 19.2. The summed E-state index contributed by atoms with van der Waals surface area (Å²) >= 11 is 13.1. The quantitative estimate of drug-likeness (QED) is 0.148. The molecule has 3 aromatic rings. The van der Waals surface area contributed by atoms with E-state index in [1.807, 2.05) is 13.8 Å². The molecule has 2 aromatic carbocycles. The Morgan fingerprint density at radius 3 is 2.00 bits per heavy atom. The van der Waals surface area contributed by atoms with Crippen molar-refractivity contribution in [1.82, 2.24) is 15.7 Å². The van der Waals surface area contributed by atoms with Crippen molar-refractivity contribution >= 4 is 46.4 Å². The average Bonchev–Trinajstić information content (AvgIpc) is 3.42. The van der Waals surface area contributed by atoms with Gasteiger partial charge < -0.3 is 25.6 Å². The standard InChI is InChI=1S/C29H31Cl2F2N2O7PS.C4H10.H3N/c1-27(2,25-21(30)7-6-8-22(25)31)26-34-24(28(3,4)36)15-35(26)19-11-9-17(10-12-19)18-13-23(44(5,40)41)20(29(32,33)14-18)16-42-43(37,38)39;1-3-4-2;/h6-13,15,36H,14,16H2,1-5H3,(H2,37,38,39);3-4H2,1-2H3;1H3. The highest BCUT2D eigenvalue weighted by Crippen LogP contribution is 2.46. The summed E-state index contributed by atoms with van der Waals surface area (Å²) in [6, 6.07) is 11.5. The lowest BCUT2D eigenvalue weighted by atomic mass is 9.83. The zero-order valence-electron chi connectivity index (χ0n) is 28.5.